The first-order valence-electron chi connectivity index (χ1n) is 8.81. The van der Waals surface area contributed by atoms with Crippen molar-refractivity contribution in [1.29, 1.82) is 0 Å². The molecule has 4 nitrogen and oxygen atoms in total. The summed E-state index contributed by atoms with van der Waals surface area (Å²) in [6.07, 6.45) is 0. The minimum absolute atomic E-state index is 0.480. The van der Waals surface area contributed by atoms with Gasteiger partial charge in [-0.1, -0.05) is 43.6 Å². The zero-order valence-corrected chi connectivity index (χ0v) is 16.6. The molecule has 0 unspecified atom stereocenters. The summed E-state index contributed by atoms with van der Waals surface area (Å²) < 4.78 is 13.3. The second kappa shape index (κ2) is 9.21. The smallest absolute Gasteiger partial charge is 0.184 e. The molecular formula is C20H23ClN2O2S. The fourth-order valence-corrected chi connectivity index (χ4v) is 3.73. The molecule has 0 radical (unpaired) electrons. The Morgan fingerprint density at radius 3 is 2.54 bits per heavy atom. The molecule has 1 aromatic heterocycles. The zero-order valence-electron chi connectivity index (χ0n) is 15.1. The van der Waals surface area contributed by atoms with Crippen LogP contribution in [0.2, 0.25) is 4.47 Å². The van der Waals surface area contributed by atoms with Gasteiger partial charge < -0.3 is 14.4 Å². The molecule has 6 heteroatoms. The number of hydrogen-bond acceptors (Lipinski definition) is 5. The molecule has 0 aliphatic carbocycles. The third-order valence-electron chi connectivity index (χ3n) is 4.24. The first kappa shape index (κ1) is 19.0. The maximum atomic E-state index is 6.00. The van der Waals surface area contributed by atoms with E-state index in [0.29, 0.717) is 17.7 Å². The van der Waals surface area contributed by atoms with E-state index in [4.69, 9.17) is 21.1 Å². The van der Waals surface area contributed by atoms with E-state index in [1.165, 1.54) is 11.3 Å². The van der Waals surface area contributed by atoms with E-state index in [0.717, 1.165) is 46.9 Å². The van der Waals surface area contributed by atoms with Gasteiger partial charge >= 0.3 is 0 Å². The molecule has 0 saturated heterocycles. The Bertz CT molecular complexity index is 831. The SMILES string of the molecule is CCN(CC)CCOc1ccc(COc2cccc3sc(Cl)nc23)cc1. The molecule has 3 rings (SSSR count). The van der Waals surface area contributed by atoms with Crippen molar-refractivity contribution in [2.75, 3.05) is 26.2 Å². The number of fused-ring (bicyclic) bond motifs is 1. The highest BCUT2D eigenvalue weighted by atomic mass is 35.5. The van der Waals surface area contributed by atoms with Crippen LogP contribution in [0.15, 0.2) is 42.5 Å². The van der Waals surface area contributed by atoms with Crippen molar-refractivity contribution in [3.8, 4) is 11.5 Å². The van der Waals surface area contributed by atoms with Gasteiger partial charge in [-0.25, -0.2) is 4.98 Å². The maximum Gasteiger partial charge on any atom is 0.184 e. The predicted molar refractivity (Wildman–Crippen MR) is 109 cm³/mol. The largest absolute Gasteiger partial charge is 0.492 e. The van der Waals surface area contributed by atoms with Gasteiger partial charge in [0.1, 0.15) is 30.2 Å². The molecule has 0 atom stereocenters. The lowest BCUT2D eigenvalue weighted by molar-refractivity contribution is 0.222. The number of halogens is 1. The van der Waals surface area contributed by atoms with Gasteiger partial charge in [0.05, 0.1) is 4.70 Å². The van der Waals surface area contributed by atoms with Crippen molar-refractivity contribution in [2.45, 2.75) is 20.5 Å². The Balaban J connectivity index is 1.54. The number of rotatable bonds is 9. The molecule has 0 aliphatic rings. The number of hydrogen-bond donors (Lipinski definition) is 0. The minimum atomic E-state index is 0.480. The third-order valence-corrected chi connectivity index (χ3v) is 5.37. The van der Waals surface area contributed by atoms with E-state index in [9.17, 15) is 0 Å². The standard InChI is InChI=1S/C20H23ClN2O2S/c1-3-23(4-2)12-13-24-16-10-8-15(9-11-16)14-25-17-6-5-7-18-19(17)22-20(21)26-18/h5-11H,3-4,12-14H2,1-2H3. The molecule has 0 spiro atoms. The molecule has 0 N–H and O–H groups in total. The summed E-state index contributed by atoms with van der Waals surface area (Å²) in [5, 5.41) is 0. The number of aromatic nitrogens is 1. The van der Waals surface area contributed by atoms with E-state index in [-0.39, 0.29) is 0 Å². The van der Waals surface area contributed by atoms with Crippen molar-refractivity contribution in [2.24, 2.45) is 0 Å². The lowest BCUT2D eigenvalue weighted by Crippen LogP contribution is -2.27. The van der Waals surface area contributed by atoms with Gasteiger partial charge in [0.15, 0.2) is 4.47 Å². The Labute approximate surface area is 163 Å². The van der Waals surface area contributed by atoms with E-state index in [1.54, 1.807) is 0 Å². The van der Waals surface area contributed by atoms with Crippen molar-refractivity contribution in [3.63, 3.8) is 0 Å². The summed E-state index contributed by atoms with van der Waals surface area (Å²) >= 11 is 7.46. The predicted octanol–water partition coefficient (Wildman–Crippen LogP) is 5.25. The van der Waals surface area contributed by atoms with E-state index in [2.05, 4.69) is 23.7 Å². The molecule has 1 heterocycles. The Morgan fingerprint density at radius 2 is 1.81 bits per heavy atom. The Hall–Kier alpha value is -1.82. The van der Waals surface area contributed by atoms with Gasteiger partial charge in [-0.15, -0.1) is 11.3 Å². The summed E-state index contributed by atoms with van der Waals surface area (Å²) in [5.41, 5.74) is 1.90. The van der Waals surface area contributed by atoms with E-state index in [1.807, 2.05) is 42.5 Å². The maximum absolute atomic E-state index is 6.00. The number of nitrogens with zero attached hydrogens (tertiary/aromatic N) is 2. The van der Waals surface area contributed by atoms with Crippen molar-refractivity contribution in [3.05, 3.63) is 52.5 Å². The van der Waals surface area contributed by atoms with Crippen LogP contribution in [0.3, 0.4) is 0 Å². The Kier molecular flexibility index (Phi) is 6.72. The summed E-state index contributed by atoms with van der Waals surface area (Å²) in [6.45, 7) is 8.55. The van der Waals surface area contributed by atoms with Gasteiger partial charge in [0, 0.05) is 6.54 Å². The lowest BCUT2D eigenvalue weighted by atomic mass is 10.2. The third kappa shape index (κ3) is 4.87. The highest BCUT2D eigenvalue weighted by Crippen LogP contribution is 2.32. The molecular weight excluding hydrogens is 368 g/mol. The summed E-state index contributed by atoms with van der Waals surface area (Å²) in [4.78, 5) is 6.68. The van der Waals surface area contributed by atoms with Gasteiger partial charge in [-0.05, 0) is 42.9 Å². The average molecular weight is 391 g/mol. The fraction of sp³-hybridized carbons (Fsp3) is 0.350. The van der Waals surface area contributed by atoms with Gasteiger partial charge in [0.2, 0.25) is 0 Å². The molecule has 138 valence electrons. The van der Waals surface area contributed by atoms with Crippen LogP contribution in [0.5, 0.6) is 11.5 Å². The molecule has 2 aromatic carbocycles. The molecule has 0 fully saturated rings. The monoisotopic (exact) mass is 390 g/mol. The minimum Gasteiger partial charge on any atom is -0.492 e. The first-order chi connectivity index (χ1) is 12.7. The van der Waals surface area contributed by atoms with Crippen LogP contribution in [-0.2, 0) is 6.61 Å². The van der Waals surface area contributed by atoms with Crippen LogP contribution in [0, 0.1) is 0 Å². The molecule has 0 bridgehead atoms. The quantitative estimate of drug-likeness (QED) is 0.499. The van der Waals surface area contributed by atoms with E-state index >= 15 is 0 Å². The second-order valence-electron chi connectivity index (χ2n) is 5.88. The van der Waals surface area contributed by atoms with E-state index < -0.39 is 0 Å². The Morgan fingerprint density at radius 1 is 1.04 bits per heavy atom. The second-order valence-corrected chi connectivity index (χ2v) is 7.49. The van der Waals surface area contributed by atoms with Gasteiger partial charge in [0.25, 0.3) is 0 Å². The number of para-hydroxylation sites is 1. The normalized spacial score (nSPS) is 11.2. The van der Waals surface area contributed by atoms with Crippen molar-refractivity contribution >= 4 is 33.2 Å². The summed E-state index contributed by atoms with van der Waals surface area (Å²) in [5.74, 6) is 1.64. The van der Waals surface area contributed by atoms with Crippen LogP contribution < -0.4 is 9.47 Å². The number of benzene rings is 2. The highest BCUT2D eigenvalue weighted by molar-refractivity contribution is 7.22. The molecule has 0 aliphatic heterocycles. The summed E-state index contributed by atoms with van der Waals surface area (Å²) in [6, 6.07) is 13.9. The number of thiazole rings is 1. The van der Waals surface area contributed by atoms with Crippen molar-refractivity contribution < 1.29 is 9.47 Å². The fourth-order valence-electron chi connectivity index (χ4n) is 2.69. The number of ether oxygens (including phenoxy) is 2. The van der Waals surface area contributed by atoms with Crippen LogP contribution in [0.25, 0.3) is 10.2 Å². The molecule has 26 heavy (non-hydrogen) atoms. The zero-order chi connectivity index (χ0) is 18.4. The number of likely N-dealkylation sites (N-methyl/N-ethyl adjacent to an activating group) is 1. The average Bonchev–Trinajstić information content (AvgIpc) is 3.05. The molecule has 0 amide bonds. The van der Waals surface area contributed by atoms with Gasteiger partial charge in [-0.2, -0.15) is 0 Å². The highest BCUT2D eigenvalue weighted by Gasteiger charge is 2.08. The summed E-state index contributed by atoms with van der Waals surface area (Å²) in [7, 11) is 0. The topological polar surface area (TPSA) is 34.6 Å². The van der Waals surface area contributed by atoms with Crippen LogP contribution in [0.4, 0.5) is 0 Å². The van der Waals surface area contributed by atoms with Crippen molar-refractivity contribution in [1.82, 2.24) is 9.88 Å². The molecule has 3 aromatic rings. The molecule has 0 saturated carbocycles. The van der Waals surface area contributed by atoms with Crippen LogP contribution >= 0.6 is 22.9 Å². The van der Waals surface area contributed by atoms with Crippen LogP contribution in [0.1, 0.15) is 19.4 Å². The van der Waals surface area contributed by atoms with Crippen LogP contribution in [-0.4, -0.2) is 36.1 Å². The first-order valence-corrected chi connectivity index (χ1v) is 10.0. The van der Waals surface area contributed by atoms with Gasteiger partial charge in [-0.3, -0.25) is 0 Å². The lowest BCUT2D eigenvalue weighted by Gasteiger charge is -2.18.